The Morgan fingerprint density at radius 3 is 2.33 bits per heavy atom. The van der Waals surface area contributed by atoms with Crippen LogP contribution in [0.25, 0.3) is 0 Å². The van der Waals surface area contributed by atoms with Crippen molar-refractivity contribution in [2.45, 2.75) is 95.1 Å². The standard InChI is InChI=1S/C30H49Cl3N6O6/c1-19(2)15-39(24(40)22-14-35-25(28(3,4)5)37-23(22)34-11-10-12-43-9)21-13-20(36-26(41)44-18-30(31,32)33)16-38(17-21)27(42)45-29(6,7)8/h14,19-21H,10-13,15-18H2,1-9H3,(H,36,41)(H,34,35,37)/t20-,21+/m1/s1. The molecule has 0 aromatic carbocycles. The normalized spacial score (nSPS) is 17.6. The highest BCUT2D eigenvalue weighted by molar-refractivity contribution is 6.67. The number of nitrogens with zero attached hydrogens (tertiary/aromatic N) is 4. The molecule has 1 aromatic heterocycles. The van der Waals surface area contributed by atoms with E-state index in [9.17, 15) is 14.4 Å². The van der Waals surface area contributed by atoms with Crippen molar-refractivity contribution in [3.05, 3.63) is 17.6 Å². The molecule has 1 aliphatic heterocycles. The summed E-state index contributed by atoms with van der Waals surface area (Å²) in [5, 5.41) is 6.06. The van der Waals surface area contributed by atoms with Crippen molar-refractivity contribution < 1.29 is 28.6 Å². The lowest BCUT2D eigenvalue weighted by Crippen LogP contribution is -2.60. The molecular formula is C30H49Cl3N6O6. The summed E-state index contributed by atoms with van der Waals surface area (Å²) in [6.07, 6.45) is 1.22. The maximum Gasteiger partial charge on any atom is 0.410 e. The van der Waals surface area contributed by atoms with Crippen molar-refractivity contribution >= 4 is 58.7 Å². The minimum Gasteiger partial charge on any atom is -0.445 e. The molecule has 45 heavy (non-hydrogen) atoms. The molecule has 3 amide bonds. The van der Waals surface area contributed by atoms with Crippen molar-refractivity contribution in [2.24, 2.45) is 5.92 Å². The number of likely N-dealkylation sites (tertiary alicyclic amines) is 1. The van der Waals surface area contributed by atoms with Gasteiger partial charge in [-0.3, -0.25) is 4.79 Å². The molecule has 0 radical (unpaired) electrons. The monoisotopic (exact) mass is 694 g/mol. The fourth-order valence-electron chi connectivity index (χ4n) is 4.64. The topological polar surface area (TPSA) is 135 Å². The Balaban J connectivity index is 2.47. The number of carbonyl (C=O) groups excluding carboxylic acids is 3. The van der Waals surface area contributed by atoms with Crippen molar-refractivity contribution in [1.82, 2.24) is 25.1 Å². The summed E-state index contributed by atoms with van der Waals surface area (Å²) in [6, 6.07) is -1.09. The summed E-state index contributed by atoms with van der Waals surface area (Å²) < 4.78 is 14.1. The molecule has 2 atom stereocenters. The Morgan fingerprint density at radius 1 is 1.11 bits per heavy atom. The van der Waals surface area contributed by atoms with E-state index in [-0.39, 0.29) is 30.3 Å². The van der Waals surface area contributed by atoms with E-state index in [4.69, 9.17) is 54.0 Å². The number of hydrogen-bond acceptors (Lipinski definition) is 9. The lowest BCUT2D eigenvalue weighted by atomic mass is 9.95. The molecule has 0 aliphatic carbocycles. The van der Waals surface area contributed by atoms with Gasteiger partial charge in [0.1, 0.15) is 29.4 Å². The molecule has 15 heteroatoms. The van der Waals surface area contributed by atoms with Crippen LogP contribution in [0.2, 0.25) is 0 Å². The summed E-state index contributed by atoms with van der Waals surface area (Å²) in [6.45, 7) is 16.6. The molecule has 2 heterocycles. The van der Waals surface area contributed by atoms with Gasteiger partial charge in [0.05, 0.1) is 12.1 Å². The molecule has 2 rings (SSSR count). The predicted molar refractivity (Wildman–Crippen MR) is 176 cm³/mol. The second-order valence-electron chi connectivity index (χ2n) is 13.6. The van der Waals surface area contributed by atoms with Crippen LogP contribution in [0, 0.1) is 5.92 Å². The van der Waals surface area contributed by atoms with E-state index in [2.05, 4.69) is 15.6 Å². The summed E-state index contributed by atoms with van der Waals surface area (Å²) in [4.78, 5) is 52.8. The highest BCUT2D eigenvalue weighted by Gasteiger charge is 2.39. The summed E-state index contributed by atoms with van der Waals surface area (Å²) in [5.74, 6) is 0.802. The van der Waals surface area contributed by atoms with Crippen LogP contribution < -0.4 is 10.6 Å². The van der Waals surface area contributed by atoms with Crippen LogP contribution in [-0.4, -0.2) is 106 Å². The van der Waals surface area contributed by atoms with Gasteiger partial charge >= 0.3 is 12.2 Å². The smallest absolute Gasteiger partial charge is 0.410 e. The Bertz CT molecular complexity index is 1150. The van der Waals surface area contributed by atoms with E-state index in [0.29, 0.717) is 49.7 Å². The van der Waals surface area contributed by atoms with E-state index >= 15 is 0 Å². The average molecular weight is 696 g/mol. The Kier molecular flexibility index (Phi) is 14.3. The number of carbonyl (C=O) groups is 3. The minimum absolute atomic E-state index is 0.0828. The fraction of sp³-hybridized carbons (Fsp3) is 0.767. The largest absolute Gasteiger partial charge is 0.445 e. The van der Waals surface area contributed by atoms with Gasteiger partial charge in [-0.25, -0.2) is 19.6 Å². The zero-order chi connectivity index (χ0) is 34.2. The van der Waals surface area contributed by atoms with Gasteiger partial charge in [0, 0.05) is 51.5 Å². The number of amides is 3. The highest BCUT2D eigenvalue weighted by Crippen LogP contribution is 2.28. The third kappa shape index (κ3) is 13.5. The van der Waals surface area contributed by atoms with Crippen LogP contribution in [-0.2, 0) is 19.6 Å². The number of nitrogens with one attached hydrogen (secondary N) is 2. The number of halogens is 3. The predicted octanol–water partition coefficient (Wildman–Crippen LogP) is 5.80. The summed E-state index contributed by atoms with van der Waals surface area (Å²) >= 11 is 17.2. The van der Waals surface area contributed by atoms with Gasteiger partial charge in [0.15, 0.2) is 0 Å². The van der Waals surface area contributed by atoms with Gasteiger partial charge in [-0.1, -0.05) is 69.4 Å². The number of aromatic nitrogens is 2. The van der Waals surface area contributed by atoms with Gasteiger partial charge in [-0.15, -0.1) is 0 Å². The molecule has 0 unspecified atom stereocenters. The lowest BCUT2D eigenvalue weighted by Gasteiger charge is -2.43. The number of rotatable bonds is 11. The first-order chi connectivity index (χ1) is 20.7. The first-order valence-electron chi connectivity index (χ1n) is 15.1. The van der Waals surface area contributed by atoms with Crippen molar-refractivity contribution in [3.8, 4) is 0 Å². The number of piperidine rings is 1. The number of methoxy groups -OCH3 is 1. The maximum absolute atomic E-state index is 14.4. The Hall–Kier alpha value is -2.28. The Morgan fingerprint density at radius 2 is 1.78 bits per heavy atom. The van der Waals surface area contributed by atoms with Gasteiger partial charge in [-0.2, -0.15) is 0 Å². The van der Waals surface area contributed by atoms with Crippen molar-refractivity contribution in [3.63, 3.8) is 0 Å². The van der Waals surface area contributed by atoms with Crippen molar-refractivity contribution in [2.75, 3.05) is 51.8 Å². The molecule has 256 valence electrons. The third-order valence-electron chi connectivity index (χ3n) is 6.54. The minimum atomic E-state index is -1.78. The molecule has 1 fully saturated rings. The second-order valence-corrected chi connectivity index (χ2v) is 16.2. The average Bonchev–Trinajstić information content (AvgIpc) is 2.90. The van der Waals surface area contributed by atoms with Crippen LogP contribution in [0.5, 0.6) is 0 Å². The SMILES string of the molecule is COCCCNc1nc(C(C)(C)C)ncc1C(=O)N(CC(C)C)[C@H]1C[C@@H](NC(=O)OCC(Cl)(Cl)Cl)CN(C(=O)OC(C)(C)C)C1. The second kappa shape index (κ2) is 16.5. The number of alkyl halides is 3. The van der Waals surface area contributed by atoms with E-state index in [1.807, 2.05) is 34.6 Å². The van der Waals surface area contributed by atoms with Crippen LogP contribution in [0.4, 0.5) is 15.4 Å². The lowest BCUT2D eigenvalue weighted by molar-refractivity contribution is 0.00455. The van der Waals surface area contributed by atoms with Crippen LogP contribution in [0.1, 0.15) is 84.4 Å². The molecule has 1 aromatic rings. The van der Waals surface area contributed by atoms with E-state index in [0.717, 1.165) is 0 Å². The number of alkyl carbamates (subject to hydrolysis) is 1. The highest BCUT2D eigenvalue weighted by atomic mass is 35.6. The molecule has 1 saturated heterocycles. The molecule has 1 aliphatic rings. The number of anilines is 1. The van der Waals surface area contributed by atoms with E-state index < -0.39 is 40.3 Å². The quantitative estimate of drug-likeness (QED) is 0.218. The van der Waals surface area contributed by atoms with E-state index in [1.54, 1.807) is 39.0 Å². The zero-order valence-electron chi connectivity index (χ0n) is 27.8. The van der Waals surface area contributed by atoms with Gasteiger partial charge in [0.25, 0.3) is 5.91 Å². The molecule has 0 bridgehead atoms. The van der Waals surface area contributed by atoms with E-state index in [1.165, 1.54) is 4.90 Å². The maximum atomic E-state index is 14.4. The molecule has 12 nitrogen and oxygen atoms in total. The summed E-state index contributed by atoms with van der Waals surface area (Å²) in [7, 11) is 1.63. The third-order valence-corrected chi connectivity index (χ3v) is 6.87. The van der Waals surface area contributed by atoms with Gasteiger partial charge in [0.2, 0.25) is 3.79 Å². The van der Waals surface area contributed by atoms with Gasteiger partial charge < -0.3 is 34.6 Å². The molecule has 2 N–H and O–H groups in total. The Labute approximate surface area is 282 Å². The molecular weight excluding hydrogens is 647 g/mol. The number of ether oxygens (including phenoxy) is 3. The number of hydrogen-bond donors (Lipinski definition) is 2. The van der Waals surface area contributed by atoms with Crippen LogP contribution in [0.3, 0.4) is 0 Å². The molecule has 0 saturated carbocycles. The fourth-order valence-corrected chi connectivity index (χ4v) is 4.80. The van der Waals surface area contributed by atoms with Crippen LogP contribution in [0.15, 0.2) is 6.20 Å². The first-order valence-corrected chi connectivity index (χ1v) is 16.2. The first kappa shape index (κ1) is 38.9. The zero-order valence-corrected chi connectivity index (χ0v) is 30.1. The summed E-state index contributed by atoms with van der Waals surface area (Å²) in [5.41, 5.74) is -0.788. The van der Waals surface area contributed by atoms with Crippen molar-refractivity contribution in [1.29, 1.82) is 0 Å². The molecule has 0 spiro atoms. The van der Waals surface area contributed by atoms with Crippen LogP contribution >= 0.6 is 34.8 Å². The van der Waals surface area contributed by atoms with Gasteiger partial charge in [-0.05, 0) is 39.5 Å².